The molecule has 1 aromatic heterocycles. The number of hydrogen-bond acceptors (Lipinski definition) is 5. The molecule has 0 bridgehead atoms. The fraction of sp³-hybridized carbons (Fsp3) is 0.474. The van der Waals surface area contributed by atoms with Gasteiger partial charge in [0.2, 0.25) is 11.0 Å². The number of nitrogens with zero attached hydrogens (tertiary/aromatic N) is 2. The van der Waals surface area contributed by atoms with Gasteiger partial charge in [-0.25, -0.2) is 0 Å². The minimum Gasteiger partial charge on any atom is -0.326 e. The Morgan fingerprint density at radius 1 is 1.04 bits per heavy atom. The third kappa shape index (κ3) is 5.62. The Labute approximate surface area is 158 Å². The van der Waals surface area contributed by atoms with Gasteiger partial charge in [-0.3, -0.25) is 14.9 Å². The average molecular weight is 375 g/mol. The van der Waals surface area contributed by atoms with E-state index in [1.165, 1.54) is 11.3 Å². The first-order valence-electron chi connectivity index (χ1n) is 8.97. The number of anilines is 2. The van der Waals surface area contributed by atoms with Crippen LogP contribution in [0.3, 0.4) is 0 Å². The summed E-state index contributed by atoms with van der Waals surface area (Å²) in [5, 5.41) is 15.2. The van der Waals surface area contributed by atoms with E-state index in [9.17, 15) is 9.59 Å². The van der Waals surface area contributed by atoms with Gasteiger partial charge in [0.1, 0.15) is 5.01 Å². The zero-order valence-electron chi connectivity index (χ0n) is 15.7. The molecule has 1 aromatic carbocycles. The Balaban J connectivity index is 1.96. The summed E-state index contributed by atoms with van der Waals surface area (Å²) in [7, 11) is 0. The lowest BCUT2D eigenvalue weighted by atomic mass is 10.0. The molecule has 2 N–H and O–H groups in total. The maximum atomic E-state index is 12.3. The maximum absolute atomic E-state index is 12.3. The number of hydrogen-bond donors (Lipinski definition) is 2. The normalized spacial score (nSPS) is 11.0. The number of carbonyl (C=O) groups is 2. The van der Waals surface area contributed by atoms with Gasteiger partial charge >= 0.3 is 0 Å². The van der Waals surface area contributed by atoms with E-state index < -0.39 is 0 Å². The highest BCUT2D eigenvalue weighted by Crippen LogP contribution is 2.20. The summed E-state index contributed by atoms with van der Waals surface area (Å²) in [5.74, 6) is 0.276. The third-order valence-corrected chi connectivity index (χ3v) is 4.90. The molecule has 7 heteroatoms. The second-order valence-corrected chi connectivity index (χ2v) is 7.70. The van der Waals surface area contributed by atoms with E-state index in [0.717, 1.165) is 24.3 Å². The minimum atomic E-state index is -0.241. The molecule has 2 rings (SSSR count). The zero-order valence-corrected chi connectivity index (χ0v) is 16.5. The van der Waals surface area contributed by atoms with Crippen LogP contribution < -0.4 is 10.6 Å². The molecular formula is C19H26N4O2S. The van der Waals surface area contributed by atoms with Crippen LogP contribution in [0.15, 0.2) is 24.3 Å². The molecule has 0 saturated carbocycles. The summed E-state index contributed by atoms with van der Waals surface area (Å²) in [6.45, 7) is 8.23. The number of amides is 2. The standard InChI is InChI=1S/C19H26N4O2S/c1-5-13(6-2)17(24)20-15-9-7-14(8-10-15)18(25)21-19-23-22-16(26-19)11-12(3)4/h7-10,12-13H,5-6,11H2,1-4H3,(H,20,24)(H,21,23,25). The van der Waals surface area contributed by atoms with E-state index in [1.807, 2.05) is 13.8 Å². The quantitative estimate of drug-likeness (QED) is 0.719. The lowest BCUT2D eigenvalue weighted by Gasteiger charge is -2.12. The number of carbonyl (C=O) groups excluding carboxylic acids is 2. The van der Waals surface area contributed by atoms with Crippen molar-refractivity contribution in [3.8, 4) is 0 Å². The van der Waals surface area contributed by atoms with Crippen LogP contribution in [0, 0.1) is 11.8 Å². The molecule has 0 aliphatic rings. The summed E-state index contributed by atoms with van der Waals surface area (Å²) >= 11 is 1.39. The average Bonchev–Trinajstić information content (AvgIpc) is 3.02. The van der Waals surface area contributed by atoms with Crippen molar-refractivity contribution in [3.05, 3.63) is 34.8 Å². The van der Waals surface area contributed by atoms with Crippen molar-refractivity contribution < 1.29 is 9.59 Å². The molecule has 0 saturated heterocycles. The SMILES string of the molecule is CCC(CC)C(=O)Nc1ccc(C(=O)Nc2nnc(CC(C)C)s2)cc1. The fourth-order valence-electron chi connectivity index (χ4n) is 2.51. The van der Waals surface area contributed by atoms with Gasteiger partial charge in [-0.2, -0.15) is 0 Å². The van der Waals surface area contributed by atoms with Crippen LogP contribution in [-0.2, 0) is 11.2 Å². The first kappa shape index (κ1) is 20.0. The molecule has 2 amide bonds. The van der Waals surface area contributed by atoms with Crippen LogP contribution in [0.2, 0.25) is 0 Å². The number of aromatic nitrogens is 2. The zero-order chi connectivity index (χ0) is 19.1. The Kier molecular flexibility index (Phi) is 7.26. The van der Waals surface area contributed by atoms with Crippen molar-refractivity contribution in [1.82, 2.24) is 10.2 Å². The van der Waals surface area contributed by atoms with Gasteiger partial charge in [0, 0.05) is 23.6 Å². The van der Waals surface area contributed by atoms with E-state index in [0.29, 0.717) is 22.3 Å². The molecule has 0 atom stereocenters. The molecule has 0 radical (unpaired) electrons. The van der Waals surface area contributed by atoms with Crippen molar-refractivity contribution in [2.75, 3.05) is 10.6 Å². The van der Waals surface area contributed by atoms with Gasteiger partial charge in [0.15, 0.2) is 0 Å². The summed E-state index contributed by atoms with van der Waals surface area (Å²) in [4.78, 5) is 24.4. The van der Waals surface area contributed by atoms with Crippen LogP contribution in [0.4, 0.5) is 10.8 Å². The minimum absolute atomic E-state index is 0.00964. The molecule has 26 heavy (non-hydrogen) atoms. The molecule has 0 aliphatic heterocycles. The third-order valence-electron chi connectivity index (χ3n) is 4.04. The van der Waals surface area contributed by atoms with E-state index >= 15 is 0 Å². The topological polar surface area (TPSA) is 84.0 Å². The lowest BCUT2D eigenvalue weighted by molar-refractivity contribution is -0.120. The molecule has 6 nitrogen and oxygen atoms in total. The highest BCUT2D eigenvalue weighted by atomic mass is 32.1. The molecule has 1 heterocycles. The van der Waals surface area contributed by atoms with Crippen molar-refractivity contribution in [1.29, 1.82) is 0 Å². The molecule has 0 unspecified atom stereocenters. The highest BCUT2D eigenvalue weighted by molar-refractivity contribution is 7.15. The van der Waals surface area contributed by atoms with Crippen LogP contribution in [0.5, 0.6) is 0 Å². The second kappa shape index (κ2) is 9.43. The van der Waals surface area contributed by atoms with Gasteiger partial charge in [0.05, 0.1) is 0 Å². The van der Waals surface area contributed by atoms with Gasteiger partial charge in [0.25, 0.3) is 5.91 Å². The number of rotatable bonds is 8. The molecule has 0 fully saturated rings. The molecule has 0 spiro atoms. The predicted molar refractivity (Wildman–Crippen MR) is 106 cm³/mol. The van der Waals surface area contributed by atoms with Crippen molar-refractivity contribution in [2.24, 2.45) is 11.8 Å². The largest absolute Gasteiger partial charge is 0.326 e. The van der Waals surface area contributed by atoms with E-state index in [1.54, 1.807) is 24.3 Å². The Hall–Kier alpha value is -2.28. The Morgan fingerprint density at radius 2 is 1.69 bits per heavy atom. The summed E-state index contributed by atoms with van der Waals surface area (Å²) in [6.07, 6.45) is 2.46. The van der Waals surface area contributed by atoms with Crippen LogP contribution >= 0.6 is 11.3 Å². The van der Waals surface area contributed by atoms with Gasteiger partial charge < -0.3 is 5.32 Å². The second-order valence-electron chi connectivity index (χ2n) is 6.63. The molecular weight excluding hydrogens is 348 g/mol. The van der Waals surface area contributed by atoms with Gasteiger partial charge in [-0.1, -0.05) is 39.0 Å². The van der Waals surface area contributed by atoms with Crippen molar-refractivity contribution >= 4 is 34.0 Å². The van der Waals surface area contributed by atoms with Crippen LogP contribution in [0.25, 0.3) is 0 Å². The lowest BCUT2D eigenvalue weighted by Crippen LogP contribution is -2.21. The van der Waals surface area contributed by atoms with Crippen LogP contribution in [-0.4, -0.2) is 22.0 Å². The fourth-order valence-corrected chi connectivity index (χ4v) is 3.46. The van der Waals surface area contributed by atoms with Gasteiger partial charge in [-0.05, 0) is 43.0 Å². The van der Waals surface area contributed by atoms with E-state index in [2.05, 4.69) is 34.7 Å². The smallest absolute Gasteiger partial charge is 0.257 e. The highest BCUT2D eigenvalue weighted by Gasteiger charge is 2.15. The summed E-state index contributed by atoms with van der Waals surface area (Å²) in [6, 6.07) is 6.85. The van der Waals surface area contributed by atoms with Crippen LogP contribution in [0.1, 0.15) is 55.9 Å². The van der Waals surface area contributed by atoms with Gasteiger partial charge in [-0.15, -0.1) is 10.2 Å². The number of benzene rings is 1. The monoisotopic (exact) mass is 374 g/mol. The maximum Gasteiger partial charge on any atom is 0.257 e. The summed E-state index contributed by atoms with van der Waals surface area (Å²) < 4.78 is 0. The summed E-state index contributed by atoms with van der Waals surface area (Å²) in [5.41, 5.74) is 1.19. The van der Waals surface area contributed by atoms with Crippen molar-refractivity contribution in [3.63, 3.8) is 0 Å². The molecule has 2 aromatic rings. The number of nitrogens with one attached hydrogen (secondary N) is 2. The Morgan fingerprint density at radius 3 is 2.27 bits per heavy atom. The molecule has 0 aliphatic carbocycles. The van der Waals surface area contributed by atoms with E-state index in [4.69, 9.17) is 0 Å². The predicted octanol–water partition coefficient (Wildman–Crippen LogP) is 4.36. The first-order chi connectivity index (χ1) is 12.4. The van der Waals surface area contributed by atoms with E-state index in [-0.39, 0.29) is 17.7 Å². The molecule has 140 valence electrons. The first-order valence-corrected chi connectivity index (χ1v) is 9.79. The Bertz CT molecular complexity index is 736. The van der Waals surface area contributed by atoms with Crippen molar-refractivity contribution in [2.45, 2.75) is 47.0 Å².